The molecule has 0 radical (unpaired) electrons. The monoisotopic (exact) mass is 563 g/mol. The Hall–Kier alpha value is -1.13. The van der Waals surface area contributed by atoms with E-state index < -0.39 is 0 Å². The second-order valence-electron chi connectivity index (χ2n) is 6.84. The zero-order chi connectivity index (χ0) is 20.5. The molecule has 9 heteroatoms. The zero-order valence-corrected chi connectivity index (χ0v) is 20.8. The highest BCUT2D eigenvalue weighted by Crippen LogP contribution is 2.23. The average Bonchev–Trinajstić information content (AvgIpc) is 2.75. The number of hydrogen-bond donors (Lipinski definition) is 2. The molecule has 6 nitrogen and oxygen atoms in total. The fraction of sp³-hybridized carbons (Fsp3) is 0.429. The van der Waals surface area contributed by atoms with Crippen molar-refractivity contribution in [1.29, 1.82) is 0 Å². The Balaban J connectivity index is 0.00000320. The molecule has 0 bridgehead atoms. The standard InChI is InChI=1S/C21H27Cl2N5O.HI/c1-24-21(25-8-7-16-5-6-20(23)26-14-16)27-15-19(28-9-11-29-12-10-28)17-3-2-4-18(22)13-17;/h2-6,13-14,19H,7-12,15H2,1H3,(H2,24,25,27);1H. The fourth-order valence-corrected chi connectivity index (χ4v) is 3.66. The van der Waals surface area contributed by atoms with E-state index in [1.54, 1.807) is 13.2 Å². The largest absolute Gasteiger partial charge is 0.379 e. The fourth-order valence-electron chi connectivity index (χ4n) is 3.35. The SMILES string of the molecule is CN=C(NCCc1ccc(Cl)nc1)NCC(c1cccc(Cl)c1)N1CCOCC1.I. The van der Waals surface area contributed by atoms with Gasteiger partial charge < -0.3 is 15.4 Å². The molecule has 0 amide bonds. The summed E-state index contributed by atoms with van der Waals surface area (Å²) in [5, 5.41) is 8.08. The predicted molar refractivity (Wildman–Crippen MR) is 134 cm³/mol. The summed E-state index contributed by atoms with van der Waals surface area (Å²) in [5.74, 6) is 0.771. The molecule has 0 aliphatic carbocycles. The van der Waals surface area contributed by atoms with Gasteiger partial charge in [-0.15, -0.1) is 24.0 Å². The lowest BCUT2D eigenvalue weighted by molar-refractivity contribution is 0.0170. The highest BCUT2D eigenvalue weighted by Gasteiger charge is 2.23. The second kappa shape index (κ2) is 13.3. The molecule has 0 saturated carbocycles. The normalized spacial score (nSPS) is 15.9. The number of aliphatic imine (C=N–C) groups is 1. The first-order valence-corrected chi connectivity index (χ1v) is 10.5. The summed E-state index contributed by atoms with van der Waals surface area (Å²) in [4.78, 5) is 10.9. The van der Waals surface area contributed by atoms with Gasteiger partial charge in [0, 0.05) is 44.4 Å². The van der Waals surface area contributed by atoms with Gasteiger partial charge in [-0.1, -0.05) is 41.4 Å². The van der Waals surface area contributed by atoms with Crippen molar-refractivity contribution in [3.8, 4) is 0 Å². The van der Waals surface area contributed by atoms with Crippen molar-refractivity contribution >= 4 is 53.1 Å². The quantitative estimate of drug-likeness (QED) is 0.232. The van der Waals surface area contributed by atoms with E-state index in [1.807, 2.05) is 30.3 Å². The molecule has 1 atom stereocenters. The number of ether oxygens (including phenoxy) is 1. The van der Waals surface area contributed by atoms with Crippen molar-refractivity contribution in [1.82, 2.24) is 20.5 Å². The van der Waals surface area contributed by atoms with E-state index in [9.17, 15) is 0 Å². The maximum Gasteiger partial charge on any atom is 0.191 e. The highest BCUT2D eigenvalue weighted by atomic mass is 127. The summed E-state index contributed by atoms with van der Waals surface area (Å²) >= 11 is 12.1. The minimum atomic E-state index is 0. The van der Waals surface area contributed by atoms with Crippen molar-refractivity contribution in [2.75, 3.05) is 46.4 Å². The van der Waals surface area contributed by atoms with Crippen LogP contribution in [0.2, 0.25) is 10.2 Å². The minimum absolute atomic E-state index is 0. The van der Waals surface area contributed by atoms with Crippen LogP contribution in [-0.2, 0) is 11.2 Å². The van der Waals surface area contributed by atoms with Crippen LogP contribution in [0.25, 0.3) is 0 Å². The maximum absolute atomic E-state index is 6.24. The Morgan fingerprint density at radius 2 is 2.00 bits per heavy atom. The molecule has 30 heavy (non-hydrogen) atoms. The van der Waals surface area contributed by atoms with Crippen LogP contribution in [0.5, 0.6) is 0 Å². The lowest BCUT2D eigenvalue weighted by Gasteiger charge is -2.35. The van der Waals surface area contributed by atoms with Crippen molar-refractivity contribution in [3.05, 3.63) is 63.9 Å². The third-order valence-corrected chi connectivity index (χ3v) is 5.36. The number of guanidine groups is 1. The first kappa shape index (κ1) is 25.1. The molecular weight excluding hydrogens is 536 g/mol. The first-order chi connectivity index (χ1) is 14.2. The number of pyridine rings is 1. The first-order valence-electron chi connectivity index (χ1n) is 9.78. The second-order valence-corrected chi connectivity index (χ2v) is 7.66. The number of hydrogen-bond acceptors (Lipinski definition) is 4. The van der Waals surface area contributed by atoms with Crippen LogP contribution in [0.15, 0.2) is 47.6 Å². The topological polar surface area (TPSA) is 61.8 Å². The van der Waals surface area contributed by atoms with Crippen LogP contribution in [0.4, 0.5) is 0 Å². The van der Waals surface area contributed by atoms with Gasteiger partial charge in [-0.3, -0.25) is 9.89 Å². The third-order valence-electron chi connectivity index (χ3n) is 4.90. The molecule has 2 aromatic rings. The number of aromatic nitrogens is 1. The van der Waals surface area contributed by atoms with Crippen LogP contribution in [0, 0.1) is 0 Å². The highest BCUT2D eigenvalue weighted by molar-refractivity contribution is 14.0. The van der Waals surface area contributed by atoms with Gasteiger partial charge in [-0.05, 0) is 35.7 Å². The minimum Gasteiger partial charge on any atom is -0.379 e. The number of nitrogens with zero attached hydrogens (tertiary/aromatic N) is 3. The van der Waals surface area contributed by atoms with Gasteiger partial charge in [0.05, 0.1) is 19.3 Å². The summed E-state index contributed by atoms with van der Waals surface area (Å²) in [6.07, 6.45) is 2.64. The Labute approximate surface area is 205 Å². The van der Waals surface area contributed by atoms with Crippen LogP contribution in [0.3, 0.4) is 0 Å². The van der Waals surface area contributed by atoms with Crippen LogP contribution >= 0.6 is 47.2 Å². The van der Waals surface area contributed by atoms with Crippen LogP contribution < -0.4 is 10.6 Å². The van der Waals surface area contributed by atoms with E-state index in [1.165, 1.54) is 5.56 Å². The molecule has 1 fully saturated rings. The third kappa shape index (κ3) is 7.85. The number of halogens is 3. The summed E-state index contributed by atoms with van der Waals surface area (Å²) in [7, 11) is 1.78. The Morgan fingerprint density at radius 3 is 2.67 bits per heavy atom. The molecule has 1 aromatic carbocycles. The Bertz CT molecular complexity index is 800. The van der Waals surface area contributed by atoms with Gasteiger partial charge in [0.1, 0.15) is 5.15 Å². The Kier molecular flexibility index (Phi) is 11.2. The molecule has 1 aliphatic rings. The molecule has 1 saturated heterocycles. The number of morpholine rings is 1. The van der Waals surface area contributed by atoms with Crippen molar-refractivity contribution < 1.29 is 4.74 Å². The van der Waals surface area contributed by atoms with Crippen molar-refractivity contribution in [2.24, 2.45) is 4.99 Å². The van der Waals surface area contributed by atoms with E-state index in [0.717, 1.165) is 62.4 Å². The van der Waals surface area contributed by atoms with Gasteiger partial charge in [-0.2, -0.15) is 0 Å². The Morgan fingerprint density at radius 1 is 1.20 bits per heavy atom. The summed E-state index contributed by atoms with van der Waals surface area (Å²) in [6.45, 7) is 4.77. The molecule has 1 aliphatic heterocycles. The average molecular weight is 564 g/mol. The van der Waals surface area contributed by atoms with Gasteiger partial charge in [0.2, 0.25) is 0 Å². The lowest BCUT2D eigenvalue weighted by Crippen LogP contribution is -2.46. The lowest BCUT2D eigenvalue weighted by atomic mass is 10.0. The molecule has 1 aromatic heterocycles. The van der Waals surface area contributed by atoms with Gasteiger partial charge in [0.15, 0.2) is 5.96 Å². The van der Waals surface area contributed by atoms with Crippen molar-refractivity contribution in [2.45, 2.75) is 12.5 Å². The predicted octanol–water partition coefficient (Wildman–Crippen LogP) is 3.79. The maximum atomic E-state index is 6.24. The molecule has 2 heterocycles. The molecule has 1 unspecified atom stereocenters. The number of benzene rings is 1. The molecule has 3 rings (SSSR count). The van der Waals surface area contributed by atoms with Crippen molar-refractivity contribution in [3.63, 3.8) is 0 Å². The van der Waals surface area contributed by atoms with Crippen LogP contribution in [-0.4, -0.2) is 62.3 Å². The van der Waals surface area contributed by atoms with E-state index in [-0.39, 0.29) is 30.0 Å². The van der Waals surface area contributed by atoms with E-state index in [4.69, 9.17) is 27.9 Å². The van der Waals surface area contributed by atoms with Gasteiger partial charge >= 0.3 is 0 Å². The summed E-state index contributed by atoms with van der Waals surface area (Å²) in [6, 6.07) is 12.0. The number of rotatable bonds is 7. The molecule has 2 N–H and O–H groups in total. The van der Waals surface area contributed by atoms with E-state index in [0.29, 0.717) is 5.15 Å². The summed E-state index contributed by atoms with van der Waals surface area (Å²) in [5.41, 5.74) is 2.32. The molecular formula is C21H28Cl2IN5O. The van der Waals surface area contributed by atoms with E-state index >= 15 is 0 Å². The number of nitrogens with one attached hydrogen (secondary N) is 2. The smallest absolute Gasteiger partial charge is 0.191 e. The zero-order valence-electron chi connectivity index (χ0n) is 17.0. The van der Waals surface area contributed by atoms with E-state index in [2.05, 4.69) is 31.6 Å². The molecule has 0 spiro atoms. The van der Waals surface area contributed by atoms with Gasteiger partial charge in [0.25, 0.3) is 0 Å². The van der Waals surface area contributed by atoms with Crippen LogP contribution in [0.1, 0.15) is 17.2 Å². The van der Waals surface area contributed by atoms with Gasteiger partial charge in [-0.25, -0.2) is 4.98 Å². The summed E-state index contributed by atoms with van der Waals surface area (Å²) < 4.78 is 5.52. The molecule has 164 valence electrons.